The number of amides is 2. The van der Waals surface area contributed by atoms with Crippen LogP contribution in [0.15, 0.2) is 66.7 Å². The molecule has 2 fully saturated rings. The minimum absolute atomic E-state index is 0.0239. The van der Waals surface area contributed by atoms with E-state index in [2.05, 4.69) is 51.6 Å². The number of benzene rings is 3. The number of nitrogens with zero attached hydrogens (tertiary/aromatic N) is 2. The Labute approximate surface area is 250 Å². The number of likely N-dealkylation sites (tertiary alicyclic amines) is 1. The summed E-state index contributed by atoms with van der Waals surface area (Å²) in [4.78, 5) is 31.7. The van der Waals surface area contributed by atoms with Gasteiger partial charge < -0.3 is 25.2 Å². The van der Waals surface area contributed by atoms with Crippen molar-refractivity contribution in [3.63, 3.8) is 0 Å². The van der Waals surface area contributed by atoms with Crippen molar-refractivity contribution in [2.75, 3.05) is 46.4 Å². The summed E-state index contributed by atoms with van der Waals surface area (Å²) in [5.74, 6) is 1.20. The molecular weight excluding hydrogens is 524 g/mol. The van der Waals surface area contributed by atoms with Crippen molar-refractivity contribution < 1.29 is 14.3 Å². The minimum atomic E-state index is -0.250. The standard InChI is InChI=1S/C35H46N4O3/c1-3-26(27-10-6-4-7-11-27)25-39-21-16-31(37-33(35(39)41)17-20-38-18-8-5-9-19-38)24-36-34(40)30-13-12-29-23-32(42-2)15-14-28(29)22-30/h4,6-7,10-15,22-23,26,31,33,37H,3,5,8-9,16-21,24-25H2,1-2H3,(H,36,40)/t26?,31-,33-/m0/s1. The van der Waals surface area contributed by atoms with Crippen LogP contribution in [0.2, 0.25) is 0 Å². The number of carbonyl (C=O) groups is 2. The summed E-state index contributed by atoms with van der Waals surface area (Å²) in [7, 11) is 1.65. The van der Waals surface area contributed by atoms with Crippen molar-refractivity contribution in [3.8, 4) is 5.75 Å². The third kappa shape index (κ3) is 7.69. The van der Waals surface area contributed by atoms with Crippen LogP contribution in [0, 0.1) is 0 Å². The first kappa shape index (κ1) is 30.1. The zero-order valence-corrected chi connectivity index (χ0v) is 25.2. The third-order valence-corrected chi connectivity index (χ3v) is 9.00. The van der Waals surface area contributed by atoms with Gasteiger partial charge in [-0.25, -0.2) is 0 Å². The van der Waals surface area contributed by atoms with E-state index >= 15 is 0 Å². The molecule has 5 rings (SSSR count). The Morgan fingerprint density at radius 1 is 1.00 bits per heavy atom. The molecule has 1 unspecified atom stereocenters. The van der Waals surface area contributed by atoms with Gasteiger partial charge in [0, 0.05) is 43.7 Å². The molecule has 2 N–H and O–H groups in total. The molecule has 2 aliphatic rings. The van der Waals surface area contributed by atoms with Crippen molar-refractivity contribution in [2.24, 2.45) is 0 Å². The summed E-state index contributed by atoms with van der Waals surface area (Å²) in [5, 5.41) is 8.85. The first-order chi connectivity index (χ1) is 20.5. The molecule has 3 atom stereocenters. The van der Waals surface area contributed by atoms with Crippen LogP contribution in [0.3, 0.4) is 0 Å². The van der Waals surface area contributed by atoms with E-state index in [-0.39, 0.29) is 23.9 Å². The summed E-state index contributed by atoms with van der Waals surface area (Å²) in [6.07, 6.45) is 6.35. The van der Waals surface area contributed by atoms with E-state index in [1.807, 2.05) is 42.5 Å². The molecule has 0 radical (unpaired) electrons. The van der Waals surface area contributed by atoms with Gasteiger partial charge in [0.1, 0.15) is 5.75 Å². The fourth-order valence-electron chi connectivity index (χ4n) is 6.40. The maximum Gasteiger partial charge on any atom is 0.251 e. The maximum atomic E-state index is 13.9. The van der Waals surface area contributed by atoms with Crippen molar-refractivity contribution in [1.82, 2.24) is 20.4 Å². The summed E-state index contributed by atoms with van der Waals surface area (Å²) in [5.41, 5.74) is 1.92. The van der Waals surface area contributed by atoms with Gasteiger partial charge in [0.25, 0.3) is 5.91 Å². The van der Waals surface area contributed by atoms with Crippen molar-refractivity contribution in [2.45, 2.75) is 63.5 Å². The number of nitrogens with one attached hydrogen (secondary N) is 2. The van der Waals surface area contributed by atoms with Crippen LogP contribution in [0.25, 0.3) is 10.8 Å². The molecule has 7 heteroatoms. The third-order valence-electron chi connectivity index (χ3n) is 9.00. The van der Waals surface area contributed by atoms with Crippen molar-refractivity contribution in [1.29, 1.82) is 0 Å². The van der Waals surface area contributed by atoms with Crippen molar-refractivity contribution in [3.05, 3.63) is 77.9 Å². The van der Waals surface area contributed by atoms with Crippen LogP contribution in [-0.4, -0.2) is 80.1 Å². The van der Waals surface area contributed by atoms with Gasteiger partial charge in [0.05, 0.1) is 13.2 Å². The molecule has 0 bridgehead atoms. The van der Waals surface area contributed by atoms with Gasteiger partial charge in [-0.3, -0.25) is 9.59 Å². The molecule has 42 heavy (non-hydrogen) atoms. The van der Waals surface area contributed by atoms with Crippen LogP contribution >= 0.6 is 0 Å². The highest BCUT2D eigenvalue weighted by atomic mass is 16.5. The van der Waals surface area contributed by atoms with Crippen LogP contribution < -0.4 is 15.4 Å². The van der Waals surface area contributed by atoms with Gasteiger partial charge in [-0.1, -0.05) is 55.8 Å². The fourth-order valence-corrected chi connectivity index (χ4v) is 6.40. The quantitative estimate of drug-likeness (QED) is 0.331. The highest BCUT2D eigenvalue weighted by Gasteiger charge is 2.32. The van der Waals surface area contributed by atoms with E-state index in [1.165, 1.54) is 24.8 Å². The number of rotatable bonds is 11. The Kier molecular flexibility index (Phi) is 10.5. The Morgan fingerprint density at radius 3 is 2.52 bits per heavy atom. The summed E-state index contributed by atoms with van der Waals surface area (Å²) in [6.45, 7) is 7.26. The second-order valence-electron chi connectivity index (χ2n) is 11.8. The molecular formula is C35H46N4O3. The Morgan fingerprint density at radius 2 is 1.76 bits per heavy atom. The van der Waals surface area contributed by atoms with Gasteiger partial charge in [-0.15, -0.1) is 0 Å². The van der Waals surface area contributed by atoms with E-state index < -0.39 is 0 Å². The Bertz CT molecular complexity index is 1320. The minimum Gasteiger partial charge on any atom is -0.497 e. The average molecular weight is 571 g/mol. The molecule has 2 saturated heterocycles. The SMILES string of the molecule is CCC(CN1CC[C@@H](CNC(=O)c2ccc3cc(OC)ccc3c2)N[C@@H](CCN2CCCCC2)C1=O)c1ccccc1. The van der Waals surface area contributed by atoms with Crippen LogP contribution in [0.5, 0.6) is 5.75 Å². The first-order valence-electron chi connectivity index (χ1n) is 15.7. The molecule has 2 amide bonds. The molecule has 0 aromatic heterocycles. The lowest BCUT2D eigenvalue weighted by Crippen LogP contribution is -2.50. The van der Waals surface area contributed by atoms with Gasteiger partial charge in [-0.2, -0.15) is 0 Å². The number of carbonyl (C=O) groups excluding carboxylic acids is 2. The van der Waals surface area contributed by atoms with Crippen LogP contribution in [0.4, 0.5) is 0 Å². The average Bonchev–Trinajstić information content (AvgIpc) is 3.19. The molecule has 2 aliphatic heterocycles. The molecule has 0 saturated carbocycles. The van der Waals surface area contributed by atoms with E-state index in [0.717, 1.165) is 62.0 Å². The van der Waals surface area contributed by atoms with Crippen molar-refractivity contribution >= 4 is 22.6 Å². The second-order valence-corrected chi connectivity index (χ2v) is 11.8. The Hall–Kier alpha value is -3.42. The largest absolute Gasteiger partial charge is 0.497 e. The number of hydrogen-bond donors (Lipinski definition) is 2. The summed E-state index contributed by atoms with van der Waals surface area (Å²) in [6, 6.07) is 21.9. The van der Waals surface area contributed by atoms with E-state index in [0.29, 0.717) is 24.6 Å². The maximum absolute atomic E-state index is 13.9. The van der Waals surface area contributed by atoms with Crippen LogP contribution in [-0.2, 0) is 4.79 Å². The summed E-state index contributed by atoms with van der Waals surface area (Å²) >= 11 is 0. The number of piperidine rings is 1. The topological polar surface area (TPSA) is 73.9 Å². The second kappa shape index (κ2) is 14.7. The number of fused-ring (bicyclic) bond motifs is 1. The molecule has 224 valence electrons. The number of ether oxygens (including phenoxy) is 1. The monoisotopic (exact) mass is 570 g/mol. The van der Waals surface area contributed by atoms with E-state index in [1.54, 1.807) is 7.11 Å². The summed E-state index contributed by atoms with van der Waals surface area (Å²) < 4.78 is 5.32. The van der Waals surface area contributed by atoms with Gasteiger partial charge in [0.15, 0.2) is 0 Å². The van der Waals surface area contributed by atoms with Gasteiger partial charge in [0.2, 0.25) is 5.91 Å². The number of hydrogen-bond acceptors (Lipinski definition) is 5. The molecule has 2 heterocycles. The Balaban J connectivity index is 1.25. The lowest BCUT2D eigenvalue weighted by Gasteiger charge is -2.31. The predicted molar refractivity (Wildman–Crippen MR) is 169 cm³/mol. The smallest absolute Gasteiger partial charge is 0.251 e. The highest BCUT2D eigenvalue weighted by molar-refractivity contribution is 5.98. The molecule has 7 nitrogen and oxygen atoms in total. The zero-order chi connectivity index (χ0) is 29.3. The van der Waals surface area contributed by atoms with Crippen LogP contribution in [0.1, 0.15) is 67.3 Å². The molecule has 3 aromatic rings. The predicted octanol–water partition coefficient (Wildman–Crippen LogP) is 5.21. The molecule has 3 aromatic carbocycles. The first-order valence-corrected chi connectivity index (χ1v) is 15.7. The zero-order valence-electron chi connectivity index (χ0n) is 25.2. The lowest BCUT2D eigenvalue weighted by molar-refractivity contribution is -0.133. The normalized spacial score (nSPS) is 20.7. The number of methoxy groups -OCH3 is 1. The highest BCUT2D eigenvalue weighted by Crippen LogP contribution is 2.24. The fraction of sp³-hybridized carbons (Fsp3) is 0.486. The van der Waals surface area contributed by atoms with E-state index in [9.17, 15) is 9.59 Å². The van der Waals surface area contributed by atoms with Gasteiger partial charge in [-0.05, 0) is 85.8 Å². The van der Waals surface area contributed by atoms with Gasteiger partial charge >= 0.3 is 0 Å². The van der Waals surface area contributed by atoms with E-state index in [4.69, 9.17) is 4.74 Å². The molecule has 0 spiro atoms. The molecule has 0 aliphatic carbocycles. The lowest BCUT2D eigenvalue weighted by atomic mass is 9.95.